The fourth-order valence-electron chi connectivity index (χ4n) is 3.66. The van der Waals surface area contributed by atoms with Crippen molar-refractivity contribution < 1.29 is 57.2 Å². The van der Waals surface area contributed by atoms with Gasteiger partial charge < -0.3 is 39.1 Å². The maximum Gasteiger partial charge on any atom is 0.303 e. The van der Waals surface area contributed by atoms with Gasteiger partial charge in [-0.1, -0.05) is 0 Å². The van der Waals surface area contributed by atoms with Gasteiger partial charge in [-0.15, -0.1) is 0 Å². The molecular formula is C28H32N2O12. The molecular weight excluding hydrogens is 556 g/mol. The summed E-state index contributed by atoms with van der Waals surface area (Å²) in [6, 6.07) is 12.1. The molecule has 0 aliphatic carbocycles. The Morgan fingerprint density at radius 3 is 1.02 bits per heavy atom. The topological polar surface area (TPSA) is 182 Å². The highest BCUT2D eigenvalue weighted by atomic mass is 16.6. The van der Waals surface area contributed by atoms with Crippen LogP contribution in [0, 0.1) is 0 Å². The zero-order valence-electron chi connectivity index (χ0n) is 23.8. The number of methoxy groups -OCH3 is 2. The molecule has 2 aromatic rings. The summed E-state index contributed by atoms with van der Waals surface area (Å²) in [7, 11) is 2.90. The zero-order valence-corrected chi connectivity index (χ0v) is 23.8. The van der Waals surface area contributed by atoms with Crippen LogP contribution in [0.5, 0.6) is 11.5 Å². The Balaban J connectivity index is 2.56. The first-order chi connectivity index (χ1) is 19.8. The van der Waals surface area contributed by atoms with Crippen molar-refractivity contribution in [2.24, 2.45) is 0 Å². The molecule has 0 radical (unpaired) electrons. The summed E-state index contributed by atoms with van der Waals surface area (Å²) in [5.74, 6) is -5.00. The van der Waals surface area contributed by atoms with Crippen molar-refractivity contribution in [3.63, 3.8) is 0 Å². The van der Waals surface area contributed by atoms with Gasteiger partial charge in [0.25, 0.3) is 11.8 Å². The molecule has 4 unspecified atom stereocenters. The molecule has 14 heteroatoms. The van der Waals surface area contributed by atoms with Crippen LogP contribution < -0.4 is 20.1 Å². The molecule has 2 amide bonds. The van der Waals surface area contributed by atoms with E-state index in [0.717, 1.165) is 27.7 Å². The number of nitrogens with one attached hydrogen (secondary N) is 2. The fourth-order valence-corrected chi connectivity index (χ4v) is 3.66. The smallest absolute Gasteiger partial charge is 0.303 e. The summed E-state index contributed by atoms with van der Waals surface area (Å²) in [5.41, 5.74) is 0.467. The van der Waals surface area contributed by atoms with E-state index in [1.54, 1.807) is 24.3 Å². The first kappa shape index (κ1) is 33.1. The minimum Gasteiger partial charge on any atom is -0.497 e. The van der Waals surface area contributed by atoms with Gasteiger partial charge in [0.15, 0.2) is 12.2 Å². The predicted octanol–water partition coefficient (Wildman–Crippen LogP) is 2.01. The predicted molar refractivity (Wildman–Crippen MR) is 145 cm³/mol. The molecule has 0 aliphatic heterocycles. The lowest BCUT2D eigenvalue weighted by Gasteiger charge is -2.34. The summed E-state index contributed by atoms with van der Waals surface area (Å²) < 4.78 is 31.2. The molecule has 0 aromatic heterocycles. The van der Waals surface area contributed by atoms with E-state index < -0.39 is 60.1 Å². The van der Waals surface area contributed by atoms with E-state index in [-0.39, 0.29) is 11.4 Å². The largest absolute Gasteiger partial charge is 0.497 e. The molecule has 14 nitrogen and oxygen atoms in total. The molecule has 42 heavy (non-hydrogen) atoms. The van der Waals surface area contributed by atoms with Crippen LogP contribution in [0.4, 0.5) is 11.4 Å². The van der Waals surface area contributed by atoms with E-state index in [9.17, 15) is 28.8 Å². The van der Waals surface area contributed by atoms with Crippen molar-refractivity contribution in [2.45, 2.75) is 52.1 Å². The number of ether oxygens (including phenoxy) is 6. The first-order valence-corrected chi connectivity index (χ1v) is 12.4. The second-order valence-corrected chi connectivity index (χ2v) is 8.64. The van der Waals surface area contributed by atoms with Gasteiger partial charge in [-0.3, -0.25) is 28.8 Å². The standard InChI is InChI=1S/C28H32N2O12/c1-15(31)39-23(25(41-17(3)33)27(35)29-19-7-11-21(37-5)12-8-19)24(40-16(2)32)26(42-18(4)34)28(36)30-20-9-13-22(38-6)14-10-20/h7-14,23-26H,1-6H3,(H,29,35)(H,30,36). The molecule has 2 rings (SSSR count). The minimum absolute atomic E-state index is 0.234. The van der Waals surface area contributed by atoms with Gasteiger partial charge in [-0.05, 0) is 48.5 Å². The number of anilines is 2. The Labute approximate surface area is 241 Å². The Kier molecular flexibility index (Phi) is 12.3. The monoisotopic (exact) mass is 588 g/mol. The van der Waals surface area contributed by atoms with Gasteiger partial charge >= 0.3 is 23.9 Å². The molecule has 2 N–H and O–H groups in total. The number of benzene rings is 2. The molecule has 0 heterocycles. The highest BCUT2D eigenvalue weighted by Crippen LogP contribution is 2.24. The Morgan fingerprint density at radius 1 is 0.500 bits per heavy atom. The molecule has 0 saturated heterocycles. The van der Waals surface area contributed by atoms with Crippen LogP contribution in [-0.4, -0.2) is 74.3 Å². The number of hydrogen-bond donors (Lipinski definition) is 2. The van der Waals surface area contributed by atoms with Crippen LogP contribution in [0.2, 0.25) is 0 Å². The van der Waals surface area contributed by atoms with Crippen LogP contribution in [0.15, 0.2) is 48.5 Å². The Bertz CT molecular complexity index is 1180. The van der Waals surface area contributed by atoms with Crippen molar-refractivity contribution >= 4 is 47.1 Å². The minimum atomic E-state index is -1.98. The van der Waals surface area contributed by atoms with Crippen molar-refractivity contribution in [1.82, 2.24) is 0 Å². The molecule has 0 aliphatic rings. The van der Waals surface area contributed by atoms with E-state index in [0.29, 0.717) is 11.5 Å². The van der Waals surface area contributed by atoms with Crippen LogP contribution in [0.1, 0.15) is 27.7 Å². The average molecular weight is 589 g/mol. The van der Waals surface area contributed by atoms with E-state index in [2.05, 4.69) is 10.6 Å². The first-order valence-electron chi connectivity index (χ1n) is 12.4. The second kappa shape index (κ2) is 15.6. The number of rotatable bonds is 13. The summed E-state index contributed by atoms with van der Waals surface area (Å²) in [6.07, 6.45) is -7.88. The number of amides is 2. The van der Waals surface area contributed by atoms with Crippen molar-refractivity contribution in [3.8, 4) is 11.5 Å². The van der Waals surface area contributed by atoms with Crippen molar-refractivity contribution in [2.75, 3.05) is 24.9 Å². The lowest BCUT2D eigenvalue weighted by atomic mass is 10.00. The van der Waals surface area contributed by atoms with E-state index in [4.69, 9.17) is 28.4 Å². The number of carbonyl (C=O) groups is 6. The molecule has 226 valence electrons. The van der Waals surface area contributed by atoms with Gasteiger partial charge in [0.1, 0.15) is 11.5 Å². The fraction of sp³-hybridized carbons (Fsp3) is 0.357. The van der Waals surface area contributed by atoms with Crippen LogP contribution in [-0.2, 0) is 47.7 Å². The van der Waals surface area contributed by atoms with Gasteiger partial charge in [0, 0.05) is 39.1 Å². The van der Waals surface area contributed by atoms with Crippen LogP contribution in [0.3, 0.4) is 0 Å². The Hall–Kier alpha value is -5.14. The molecule has 0 fully saturated rings. The molecule has 0 spiro atoms. The van der Waals surface area contributed by atoms with Gasteiger partial charge in [0.2, 0.25) is 12.2 Å². The Morgan fingerprint density at radius 2 is 0.786 bits per heavy atom. The normalized spacial score (nSPS) is 13.2. The number of esters is 4. The van der Waals surface area contributed by atoms with Crippen LogP contribution >= 0.6 is 0 Å². The van der Waals surface area contributed by atoms with Crippen LogP contribution in [0.25, 0.3) is 0 Å². The third kappa shape index (κ3) is 10.1. The van der Waals surface area contributed by atoms with Gasteiger partial charge in [0.05, 0.1) is 14.2 Å². The highest BCUT2D eigenvalue weighted by molar-refractivity contribution is 5.98. The maximum absolute atomic E-state index is 13.4. The second-order valence-electron chi connectivity index (χ2n) is 8.64. The zero-order chi connectivity index (χ0) is 31.4. The lowest BCUT2D eigenvalue weighted by molar-refractivity contribution is -0.198. The van der Waals surface area contributed by atoms with Crippen molar-refractivity contribution in [3.05, 3.63) is 48.5 Å². The summed E-state index contributed by atoms with van der Waals surface area (Å²) >= 11 is 0. The SMILES string of the molecule is COc1ccc(NC(=O)C(OC(C)=O)C(OC(C)=O)C(OC(C)=O)C(OC(C)=O)C(=O)Nc2ccc(OC)cc2)cc1. The molecule has 4 atom stereocenters. The van der Waals surface area contributed by atoms with Crippen molar-refractivity contribution in [1.29, 1.82) is 0 Å². The lowest BCUT2D eigenvalue weighted by Crippen LogP contribution is -2.57. The average Bonchev–Trinajstić information content (AvgIpc) is 2.92. The number of hydrogen-bond acceptors (Lipinski definition) is 12. The molecule has 2 aromatic carbocycles. The van der Waals surface area contributed by atoms with Gasteiger partial charge in [-0.25, -0.2) is 0 Å². The summed E-state index contributed by atoms with van der Waals surface area (Å²) in [4.78, 5) is 75.3. The third-order valence-electron chi connectivity index (χ3n) is 5.34. The maximum atomic E-state index is 13.4. The summed E-state index contributed by atoms with van der Waals surface area (Å²) in [5, 5.41) is 4.99. The third-order valence-corrected chi connectivity index (χ3v) is 5.34. The highest BCUT2D eigenvalue weighted by Gasteiger charge is 2.49. The van der Waals surface area contributed by atoms with E-state index >= 15 is 0 Å². The molecule has 0 saturated carbocycles. The van der Waals surface area contributed by atoms with Gasteiger partial charge in [-0.2, -0.15) is 0 Å². The van der Waals surface area contributed by atoms with E-state index in [1.165, 1.54) is 38.5 Å². The van der Waals surface area contributed by atoms with E-state index in [1.807, 2.05) is 0 Å². The molecule has 0 bridgehead atoms. The number of carbonyl (C=O) groups excluding carboxylic acids is 6. The summed E-state index contributed by atoms with van der Waals surface area (Å²) in [6.45, 7) is 3.92. The quantitative estimate of drug-likeness (QED) is 0.257.